The third-order valence-electron chi connectivity index (χ3n) is 4.06. The fourth-order valence-corrected chi connectivity index (χ4v) is 3.04. The Labute approximate surface area is 131 Å². The zero-order valence-electron chi connectivity index (χ0n) is 12.7. The number of alkyl halides is 3. The summed E-state index contributed by atoms with van der Waals surface area (Å²) in [5.74, 6) is -0.693. The number of nitrogens with zero attached hydrogens (tertiary/aromatic N) is 5. The molecule has 1 atom stereocenters. The summed E-state index contributed by atoms with van der Waals surface area (Å²) in [4.78, 5) is 9.57. The summed E-state index contributed by atoms with van der Waals surface area (Å²) < 4.78 is 39.8. The second kappa shape index (κ2) is 5.95. The van der Waals surface area contributed by atoms with Crippen LogP contribution in [0.4, 0.5) is 19.0 Å². The molecule has 1 aliphatic rings. The molecule has 2 aromatic rings. The van der Waals surface area contributed by atoms with Gasteiger partial charge in [-0.1, -0.05) is 0 Å². The van der Waals surface area contributed by atoms with E-state index in [0.717, 1.165) is 23.8 Å². The highest BCUT2D eigenvalue weighted by Gasteiger charge is 2.37. The molecule has 0 saturated carbocycles. The Morgan fingerprint density at radius 2 is 2.09 bits per heavy atom. The fraction of sp³-hybridized carbons (Fsp3) is 0.643. The Hall–Kier alpha value is -1.90. The van der Waals surface area contributed by atoms with Crippen LogP contribution in [0.2, 0.25) is 0 Å². The van der Waals surface area contributed by atoms with Crippen molar-refractivity contribution in [2.75, 3.05) is 18.1 Å². The third-order valence-corrected chi connectivity index (χ3v) is 4.06. The molecule has 3 rings (SSSR count). The van der Waals surface area contributed by atoms with Crippen LogP contribution in [0, 0.1) is 6.92 Å². The van der Waals surface area contributed by atoms with Gasteiger partial charge in [0.25, 0.3) is 11.6 Å². The molecule has 23 heavy (non-hydrogen) atoms. The molecule has 6 nitrogen and oxygen atoms in total. The average molecular weight is 329 g/mol. The van der Waals surface area contributed by atoms with Crippen LogP contribution in [0.1, 0.15) is 37.2 Å². The molecule has 0 radical (unpaired) electrons. The SMILES string of the molecule is Cc1cc(N2CCCCC2CCO)n2nc(C(F)(F)F)nc2n1. The van der Waals surface area contributed by atoms with E-state index in [9.17, 15) is 18.3 Å². The van der Waals surface area contributed by atoms with Gasteiger partial charge in [0.2, 0.25) is 0 Å². The minimum absolute atomic E-state index is 0.0412. The van der Waals surface area contributed by atoms with Gasteiger partial charge in [0.15, 0.2) is 0 Å². The first kappa shape index (κ1) is 16.0. The monoisotopic (exact) mass is 329 g/mol. The Morgan fingerprint density at radius 3 is 2.78 bits per heavy atom. The van der Waals surface area contributed by atoms with E-state index in [1.807, 2.05) is 4.90 Å². The Morgan fingerprint density at radius 1 is 1.30 bits per heavy atom. The van der Waals surface area contributed by atoms with Gasteiger partial charge in [0, 0.05) is 31.0 Å². The van der Waals surface area contributed by atoms with Crippen LogP contribution in [0.25, 0.3) is 5.78 Å². The number of hydrogen-bond acceptors (Lipinski definition) is 5. The maximum Gasteiger partial charge on any atom is 0.453 e. The first-order chi connectivity index (χ1) is 10.9. The number of aliphatic hydroxyl groups excluding tert-OH is 1. The van der Waals surface area contributed by atoms with Crippen molar-refractivity contribution in [2.24, 2.45) is 0 Å². The van der Waals surface area contributed by atoms with Crippen LogP contribution in [0.3, 0.4) is 0 Å². The third kappa shape index (κ3) is 3.10. The van der Waals surface area contributed by atoms with Gasteiger partial charge in [-0.2, -0.15) is 22.7 Å². The Balaban J connectivity index is 2.10. The highest BCUT2D eigenvalue weighted by molar-refractivity contribution is 5.49. The number of aliphatic hydroxyl groups is 1. The van der Waals surface area contributed by atoms with Gasteiger partial charge < -0.3 is 10.0 Å². The van der Waals surface area contributed by atoms with Gasteiger partial charge in [-0.05, 0) is 32.6 Å². The molecule has 0 spiro atoms. The van der Waals surface area contributed by atoms with Crippen LogP contribution in [-0.4, -0.2) is 43.9 Å². The number of aryl methyl sites for hydroxylation is 1. The van der Waals surface area contributed by atoms with E-state index >= 15 is 0 Å². The molecular weight excluding hydrogens is 311 g/mol. The summed E-state index contributed by atoms with van der Waals surface area (Å²) in [6.07, 6.45) is -1.15. The second-order valence-corrected chi connectivity index (χ2v) is 5.76. The van der Waals surface area contributed by atoms with Crippen LogP contribution in [-0.2, 0) is 6.18 Å². The predicted octanol–water partition coefficient (Wildman–Crippen LogP) is 2.19. The molecule has 1 unspecified atom stereocenters. The van der Waals surface area contributed by atoms with E-state index in [-0.39, 0.29) is 18.4 Å². The number of hydrogen-bond donors (Lipinski definition) is 1. The minimum Gasteiger partial charge on any atom is -0.396 e. The van der Waals surface area contributed by atoms with Gasteiger partial charge in [-0.15, -0.1) is 5.10 Å². The average Bonchev–Trinajstić information content (AvgIpc) is 2.91. The van der Waals surface area contributed by atoms with Crippen molar-refractivity contribution in [3.8, 4) is 0 Å². The van der Waals surface area contributed by atoms with Gasteiger partial charge >= 0.3 is 6.18 Å². The van der Waals surface area contributed by atoms with Gasteiger partial charge in [0.05, 0.1) is 0 Å². The standard InChI is InChI=1S/C14H18F3N5O/c1-9-8-11(21-6-3-2-4-10(21)5-7-23)22-13(18-9)19-12(20-22)14(15,16)17/h8,10,23H,2-7H2,1H3. The largest absolute Gasteiger partial charge is 0.453 e. The highest BCUT2D eigenvalue weighted by Crippen LogP contribution is 2.30. The van der Waals surface area contributed by atoms with E-state index in [4.69, 9.17) is 0 Å². The van der Waals surface area contributed by atoms with Crippen molar-refractivity contribution in [2.45, 2.75) is 44.8 Å². The van der Waals surface area contributed by atoms with Crippen LogP contribution >= 0.6 is 0 Å². The summed E-state index contributed by atoms with van der Waals surface area (Å²) in [6.45, 7) is 2.47. The number of fused-ring (bicyclic) bond motifs is 1. The fourth-order valence-electron chi connectivity index (χ4n) is 3.04. The maximum atomic E-state index is 12.9. The number of halogens is 3. The molecule has 0 aromatic carbocycles. The molecule has 1 saturated heterocycles. The zero-order valence-corrected chi connectivity index (χ0v) is 12.7. The molecule has 1 aliphatic heterocycles. The van der Waals surface area contributed by atoms with Crippen LogP contribution in [0.15, 0.2) is 6.07 Å². The lowest BCUT2D eigenvalue weighted by Gasteiger charge is -2.37. The van der Waals surface area contributed by atoms with Gasteiger partial charge in [-0.25, -0.2) is 4.98 Å². The van der Waals surface area contributed by atoms with Crippen molar-refractivity contribution in [3.63, 3.8) is 0 Å². The van der Waals surface area contributed by atoms with Crippen LogP contribution < -0.4 is 4.90 Å². The smallest absolute Gasteiger partial charge is 0.396 e. The van der Waals surface area contributed by atoms with Gasteiger partial charge in [0.1, 0.15) is 5.82 Å². The molecule has 126 valence electrons. The summed E-state index contributed by atoms with van der Waals surface area (Å²) in [5.41, 5.74) is 0.585. The van der Waals surface area contributed by atoms with E-state index in [1.54, 1.807) is 13.0 Å². The summed E-state index contributed by atoms with van der Waals surface area (Å²) >= 11 is 0. The number of aromatic nitrogens is 4. The lowest BCUT2D eigenvalue weighted by molar-refractivity contribution is -0.144. The summed E-state index contributed by atoms with van der Waals surface area (Å²) in [7, 11) is 0. The van der Waals surface area contributed by atoms with Gasteiger partial charge in [-0.3, -0.25) is 0 Å². The minimum atomic E-state index is -4.61. The number of piperidine rings is 1. The lowest BCUT2D eigenvalue weighted by Crippen LogP contribution is -2.41. The molecule has 9 heteroatoms. The topological polar surface area (TPSA) is 66.5 Å². The lowest BCUT2D eigenvalue weighted by atomic mass is 9.99. The Bertz CT molecular complexity index is 698. The van der Waals surface area contributed by atoms with E-state index in [0.29, 0.717) is 24.5 Å². The van der Waals surface area contributed by atoms with E-state index in [1.165, 1.54) is 0 Å². The molecule has 1 fully saturated rings. The molecule has 0 aliphatic carbocycles. The molecular formula is C14H18F3N5O. The summed E-state index contributed by atoms with van der Waals surface area (Å²) in [5, 5.41) is 12.8. The molecule has 1 N–H and O–H groups in total. The number of rotatable bonds is 3. The van der Waals surface area contributed by atoms with E-state index in [2.05, 4.69) is 15.1 Å². The first-order valence-electron chi connectivity index (χ1n) is 7.59. The molecule has 0 bridgehead atoms. The molecule has 0 amide bonds. The summed E-state index contributed by atoms with van der Waals surface area (Å²) in [6, 6.07) is 1.80. The van der Waals surface area contributed by atoms with E-state index < -0.39 is 12.0 Å². The second-order valence-electron chi connectivity index (χ2n) is 5.76. The zero-order chi connectivity index (χ0) is 16.6. The molecule has 2 aromatic heterocycles. The first-order valence-corrected chi connectivity index (χ1v) is 7.59. The Kier molecular flexibility index (Phi) is 4.13. The van der Waals surface area contributed by atoms with Crippen molar-refractivity contribution < 1.29 is 18.3 Å². The number of anilines is 1. The maximum absolute atomic E-state index is 12.9. The predicted molar refractivity (Wildman–Crippen MR) is 77.2 cm³/mol. The molecule has 3 heterocycles. The highest BCUT2D eigenvalue weighted by atomic mass is 19.4. The van der Waals surface area contributed by atoms with Crippen LogP contribution in [0.5, 0.6) is 0 Å². The van der Waals surface area contributed by atoms with Crippen molar-refractivity contribution in [1.29, 1.82) is 0 Å². The van der Waals surface area contributed by atoms with Crippen molar-refractivity contribution >= 4 is 11.6 Å². The quantitative estimate of drug-likeness (QED) is 0.935. The van der Waals surface area contributed by atoms with Crippen molar-refractivity contribution in [3.05, 3.63) is 17.6 Å². The normalized spacial score (nSPS) is 19.5. The van der Waals surface area contributed by atoms with Crippen molar-refractivity contribution in [1.82, 2.24) is 19.6 Å².